The molecule has 0 atom stereocenters. The third kappa shape index (κ3) is 3.71. The lowest BCUT2D eigenvalue weighted by Gasteiger charge is -2.06. The molecule has 0 radical (unpaired) electrons. The van der Waals surface area contributed by atoms with Gasteiger partial charge in [0.1, 0.15) is 0 Å². The molecule has 0 aliphatic rings. The zero-order valence-electron chi connectivity index (χ0n) is 11.4. The molecule has 1 aromatic carbocycles. The number of hydrogen-bond acceptors (Lipinski definition) is 5. The van der Waals surface area contributed by atoms with Gasteiger partial charge in [-0.05, 0) is 31.0 Å². The van der Waals surface area contributed by atoms with Crippen LogP contribution in [0.2, 0.25) is 0 Å². The maximum Gasteiger partial charge on any atom is 0.260 e. The normalized spacial score (nSPS) is 10.8. The second kappa shape index (κ2) is 6.91. The van der Waals surface area contributed by atoms with Gasteiger partial charge in [0.05, 0.1) is 10.9 Å². The minimum Gasteiger partial charge on any atom is -0.399 e. The number of benzene rings is 1. The van der Waals surface area contributed by atoms with Crippen LogP contribution < -0.4 is 16.6 Å². The zero-order chi connectivity index (χ0) is 14.4. The van der Waals surface area contributed by atoms with Crippen LogP contribution in [-0.4, -0.2) is 28.2 Å². The molecule has 0 saturated carbocycles. The summed E-state index contributed by atoms with van der Waals surface area (Å²) in [7, 11) is 0. The smallest absolute Gasteiger partial charge is 0.260 e. The van der Waals surface area contributed by atoms with E-state index in [1.165, 1.54) is 0 Å². The number of aliphatic hydroxyl groups is 1. The summed E-state index contributed by atoms with van der Waals surface area (Å²) >= 11 is 0. The first-order valence-corrected chi connectivity index (χ1v) is 6.85. The Kier molecular flexibility index (Phi) is 4.95. The molecular weight excluding hydrogens is 256 g/mol. The number of aliphatic hydroxyl groups excluding tert-OH is 1. The summed E-state index contributed by atoms with van der Waals surface area (Å²) in [5.74, 6) is 0.481. The van der Waals surface area contributed by atoms with E-state index in [1.54, 1.807) is 18.2 Å². The Balaban J connectivity index is 1.98. The molecule has 0 bridgehead atoms. The van der Waals surface area contributed by atoms with Gasteiger partial charge in [-0.3, -0.25) is 9.78 Å². The maximum absolute atomic E-state index is 11.9. The number of aromatic amines is 1. The second-order valence-electron chi connectivity index (χ2n) is 4.76. The Morgan fingerprint density at radius 2 is 2.05 bits per heavy atom. The van der Waals surface area contributed by atoms with Gasteiger partial charge in [0.15, 0.2) is 0 Å². The number of H-pyrrole nitrogens is 1. The molecule has 6 heteroatoms. The summed E-state index contributed by atoms with van der Waals surface area (Å²) in [5.41, 5.74) is 6.65. The Bertz CT molecular complexity index is 624. The number of nitrogens with zero attached hydrogens (tertiary/aromatic N) is 1. The van der Waals surface area contributed by atoms with E-state index in [4.69, 9.17) is 10.8 Å². The lowest BCUT2D eigenvalue weighted by atomic mass is 10.2. The lowest BCUT2D eigenvalue weighted by Crippen LogP contribution is -2.14. The third-order valence-corrected chi connectivity index (χ3v) is 3.11. The van der Waals surface area contributed by atoms with Crippen molar-refractivity contribution in [1.82, 2.24) is 9.97 Å². The zero-order valence-corrected chi connectivity index (χ0v) is 11.4. The maximum atomic E-state index is 11.9. The topological polar surface area (TPSA) is 104 Å². The fourth-order valence-electron chi connectivity index (χ4n) is 2.04. The molecule has 1 aromatic heterocycles. The quantitative estimate of drug-likeness (QED) is 0.453. The number of nitrogens with two attached hydrogens (primary N) is 1. The molecule has 0 fully saturated rings. The molecule has 0 aliphatic heterocycles. The third-order valence-electron chi connectivity index (χ3n) is 3.11. The van der Waals surface area contributed by atoms with Crippen LogP contribution in [0.4, 0.5) is 11.6 Å². The van der Waals surface area contributed by atoms with Crippen molar-refractivity contribution >= 4 is 22.5 Å². The summed E-state index contributed by atoms with van der Waals surface area (Å²) in [6, 6.07) is 5.10. The fraction of sp³-hybridized carbons (Fsp3) is 0.429. The first kappa shape index (κ1) is 14.3. The van der Waals surface area contributed by atoms with E-state index in [0.717, 1.165) is 32.2 Å². The number of rotatable bonds is 7. The highest BCUT2D eigenvalue weighted by molar-refractivity contribution is 5.81. The highest BCUT2D eigenvalue weighted by Crippen LogP contribution is 2.12. The van der Waals surface area contributed by atoms with Crippen molar-refractivity contribution in [2.75, 3.05) is 24.2 Å². The predicted molar refractivity (Wildman–Crippen MR) is 80.8 cm³/mol. The average molecular weight is 276 g/mol. The predicted octanol–water partition coefficient (Wildman–Crippen LogP) is 1.47. The van der Waals surface area contributed by atoms with Crippen LogP contribution in [0.3, 0.4) is 0 Å². The summed E-state index contributed by atoms with van der Waals surface area (Å²) in [6.07, 6.45) is 3.87. The Labute approximate surface area is 117 Å². The van der Waals surface area contributed by atoms with Crippen molar-refractivity contribution in [3.63, 3.8) is 0 Å². The van der Waals surface area contributed by atoms with Crippen molar-refractivity contribution in [2.24, 2.45) is 0 Å². The molecule has 0 unspecified atom stereocenters. The highest BCUT2D eigenvalue weighted by atomic mass is 16.2. The van der Waals surface area contributed by atoms with Crippen LogP contribution >= 0.6 is 0 Å². The first-order valence-electron chi connectivity index (χ1n) is 6.85. The highest BCUT2D eigenvalue weighted by Gasteiger charge is 2.03. The summed E-state index contributed by atoms with van der Waals surface area (Å²) in [4.78, 5) is 19.0. The molecule has 0 spiro atoms. The van der Waals surface area contributed by atoms with Crippen molar-refractivity contribution in [3.05, 3.63) is 28.6 Å². The molecule has 6 nitrogen and oxygen atoms in total. The molecular formula is C14H20N4O2. The molecule has 2 rings (SSSR count). The Morgan fingerprint density at radius 1 is 1.25 bits per heavy atom. The van der Waals surface area contributed by atoms with Crippen molar-refractivity contribution in [3.8, 4) is 0 Å². The molecule has 1 heterocycles. The van der Waals surface area contributed by atoms with E-state index in [1.807, 2.05) is 0 Å². The van der Waals surface area contributed by atoms with Gasteiger partial charge in [0.2, 0.25) is 5.95 Å². The van der Waals surface area contributed by atoms with E-state index < -0.39 is 0 Å². The van der Waals surface area contributed by atoms with E-state index in [-0.39, 0.29) is 12.2 Å². The number of nitrogen functional groups attached to an aromatic ring is 1. The number of anilines is 2. The van der Waals surface area contributed by atoms with Gasteiger partial charge in [-0.15, -0.1) is 0 Å². The molecule has 108 valence electrons. The van der Waals surface area contributed by atoms with Crippen LogP contribution in [0.25, 0.3) is 10.9 Å². The van der Waals surface area contributed by atoms with Crippen LogP contribution in [0, 0.1) is 0 Å². The number of hydrogen-bond donors (Lipinski definition) is 4. The lowest BCUT2D eigenvalue weighted by molar-refractivity contribution is 0.283. The summed E-state index contributed by atoms with van der Waals surface area (Å²) in [6.45, 7) is 0.991. The average Bonchev–Trinajstić information content (AvgIpc) is 2.43. The van der Waals surface area contributed by atoms with Gasteiger partial charge in [-0.1, -0.05) is 12.8 Å². The summed E-state index contributed by atoms with van der Waals surface area (Å²) < 4.78 is 0. The second-order valence-corrected chi connectivity index (χ2v) is 4.76. The van der Waals surface area contributed by atoms with Gasteiger partial charge in [-0.25, -0.2) is 4.98 Å². The molecule has 2 aromatic rings. The van der Waals surface area contributed by atoms with Crippen LogP contribution in [0.15, 0.2) is 23.0 Å². The van der Waals surface area contributed by atoms with E-state index in [2.05, 4.69) is 15.3 Å². The van der Waals surface area contributed by atoms with Crippen LogP contribution in [-0.2, 0) is 0 Å². The van der Waals surface area contributed by atoms with E-state index in [9.17, 15) is 4.79 Å². The monoisotopic (exact) mass is 276 g/mol. The molecule has 20 heavy (non-hydrogen) atoms. The van der Waals surface area contributed by atoms with Gasteiger partial charge in [0, 0.05) is 18.8 Å². The van der Waals surface area contributed by atoms with Gasteiger partial charge >= 0.3 is 0 Å². The van der Waals surface area contributed by atoms with Gasteiger partial charge in [0.25, 0.3) is 5.56 Å². The number of nitrogens with one attached hydrogen (secondary N) is 2. The van der Waals surface area contributed by atoms with Crippen LogP contribution in [0.1, 0.15) is 25.7 Å². The van der Waals surface area contributed by atoms with Crippen LogP contribution in [0.5, 0.6) is 0 Å². The fourth-order valence-corrected chi connectivity index (χ4v) is 2.04. The molecule has 5 N–H and O–H groups in total. The van der Waals surface area contributed by atoms with Crippen molar-refractivity contribution < 1.29 is 5.11 Å². The Hall–Kier alpha value is -2.08. The van der Waals surface area contributed by atoms with Crippen molar-refractivity contribution in [2.45, 2.75) is 25.7 Å². The number of unbranched alkanes of at least 4 members (excludes halogenated alkanes) is 3. The molecule has 0 saturated heterocycles. The Morgan fingerprint density at radius 3 is 2.85 bits per heavy atom. The number of fused-ring (bicyclic) bond motifs is 1. The number of aromatic nitrogens is 2. The SMILES string of the molecule is Nc1ccc2nc(NCCCCCCO)[nH]c(=O)c2c1. The van der Waals surface area contributed by atoms with Gasteiger partial charge < -0.3 is 16.2 Å². The van der Waals surface area contributed by atoms with E-state index >= 15 is 0 Å². The van der Waals surface area contributed by atoms with Crippen molar-refractivity contribution in [1.29, 1.82) is 0 Å². The van der Waals surface area contributed by atoms with E-state index in [0.29, 0.717) is 22.5 Å². The largest absolute Gasteiger partial charge is 0.399 e. The minimum absolute atomic E-state index is 0.190. The van der Waals surface area contributed by atoms with Gasteiger partial charge in [-0.2, -0.15) is 0 Å². The summed E-state index contributed by atoms with van der Waals surface area (Å²) in [5, 5.41) is 12.3. The minimum atomic E-state index is -0.190. The molecule has 0 amide bonds. The molecule has 0 aliphatic carbocycles. The standard InChI is InChI=1S/C14H20N4O2/c15-10-5-6-12-11(9-10)13(20)18-14(17-12)16-7-3-1-2-4-8-19/h5-6,9,19H,1-4,7-8,15H2,(H2,16,17,18,20). The first-order chi connectivity index (χ1) is 9.70.